The zero-order valence-corrected chi connectivity index (χ0v) is 45.6. The first-order valence-electron chi connectivity index (χ1n) is 28.7. The third-order valence-electron chi connectivity index (χ3n) is 17.4. The minimum absolute atomic E-state index is 0.594. The quantitative estimate of drug-likeness (QED) is 0.135. The third kappa shape index (κ3) is 7.87. The number of hydrogen-bond acceptors (Lipinski definition) is 2. The lowest BCUT2D eigenvalue weighted by atomic mass is 9.69. The predicted octanol–water partition coefficient (Wildman–Crippen LogP) is 21.9. The molecular weight excluding hydrogens is 1000 g/mol. The van der Waals surface area contributed by atoms with Gasteiger partial charge in [-0.3, -0.25) is 0 Å². The molecule has 0 atom stereocenters. The number of para-hydroxylation sites is 2. The molecule has 0 fully saturated rings. The number of anilines is 6. The van der Waals surface area contributed by atoms with Crippen LogP contribution in [0.5, 0.6) is 0 Å². The highest BCUT2D eigenvalue weighted by molar-refractivity contribution is 6.08. The molecule has 2 nitrogen and oxygen atoms in total. The van der Waals surface area contributed by atoms with E-state index in [4.69, 9.17) is 0 Å². The maximum Gasteiger partial charge on any atom is 0.0731 e. The first kappa shape index (κ1) is 48.1. The largest absolute Gasteiger partial charge is 0.310 e. The van der Waals surface area contributed by atoms with Crippen molar-refractivity contribution in [2.75, 3.05) is 9.80 Å². The Kier molecular flexibility index (Phi) is 11.5. The Balaban J connectivity index is 0.897. The van der Waals surface area contributed by atoms with Crippen molar-refractivity contribution in [3.63, 3.8) is 0 Å². The highest BCUT2D eigenvalue weighted by Gasteiger charge is 2.52. The normalized spacial score (nSPS) is 12.4. The van der Waals surface area contributed by atoms with E-state index in [1.807, 2.05) is 0 Å². The summed E-state index contributed by atoms with van der Waals surface area (Å²) < 4.78 is 0. The van der Waals surface area contributed by atoms with Gasteiger partial charge in [-0.1, -0.05) is 243 Å². The summed E-state index contributed by atoms with van der Waals surface area (Å²) in [4.78, 5) is 4.89. The van der Waals surface area contributed by atoms with Crippen molar-refractivity contribution in [3.05, 3.63) is 350 Å². The highest BCUT2D eigenvalue weighted by Crippen LogP contribution is 2.65. The molecule has 0 bridgehead atoms. The van der Waals surface area contributed by atoms with Gasteiger partial charge in [-0.25, -0.2) is 0 Å². The smallest absolute Gasteiger partial charge is 0.0731 e. The first-order valence-corrected chi connectivity index (χ1v) is 28.7. The number of benzene rings is 14. The molecule has 14 aromatic carbocycles. The van der Waals surface area contributed by atoms with Crippen molar-refractivity contribution in [3.8, 4) is 66.8 Å². The zero-order valence-electron chi connectivity index (χ0n) is 45.6. The van der Waals surface area contributed by atoms with Gasteiger partial charge in [0.25, 0.3) is 0 Å². The molecule has 14 aromatic rings. The van der Waals surface area contributed by atoms with Gasteiger partial charge in [0, 0.05) is 33.9 Å². The fourth-order valence-electron chi connectivity index (χ4n) is 13.8. The van der Waals surface area contributed by atoms with Crippen molar-refractivity contribution in [2.45, 2.75) is 5.41 Å². The van der Waals surface area contributed by atoms with E-state index in [0.717, 1.165) is 45.3 Å². The lowest BCUT2D eigenvalue weighted by molar-refractivity contribution is 0.802. The highest BCUT2D eigenvalue weighted by atomic mass is 15.1. The van der Waals surface area contributed by atoms with E-state index in [-0.39, 0.29) is 0 Å². The van der Waals surface area contributed by atoms with Crippen LogP contribution in [0.25, 0.3) is 88.3 Å². The molecule has 0 aromatic heterocycles. The lowest BCUT2D eigenvalue weighted by Crippen LogP contribution is -2.26. The van der Waals surface area contributed by atoms with Crippen molar-refractivity contribution in [1.82, 2.24) is 0 Å². The van der Waals surface area contributed by atoms with Crippen LogP contribution in [0.15, 0.2) is 328 Å². The van der Waals surface area contributed by atoms with Crippen LogP contribution in [-0.4, -0.2) is 0 Å². The fourth-order valence-corrected chi connectivity index (χ4v) is 13.8. The van der Waals surface area contributed by atoms with E-state index in [9.17, 15) is 0 Å². The molecular formula is C81H54N2. The molecule has 1 spiro atoms. The summed E-state index contributed by atoms with van der Waals surface area (Å²) >= 11 is 0. The van der Waals surface area contributed by atoms with Crippen LogP contribution < -0.4 is 9.80 Å². The summed E-state index contributed by atoms with van der Waals surface area (Å²) in [5.74, 6) is 0. The Hall–Kier alpha value is -10.8. The molecule has 0 radical (unpaired) electrons. The SMILES string of the molecule is c1ccc(-c2ccc(N(c3ccccc3)c3ccc4cc5c(cc4c3)C3(c4ccccc4-c4ccccc43)c3c-5ccc4cc(N(c5ccccc5)c5ccc(-c6ccccc6)cc5-c5ccccc5)ccc34)c(-c3ccccc3)c2)cc1. The molecule has 83 heavy (non-hydrogen) atoms. The molecule has 0 amide bonds. The van der Waals surface area contributed by atoms with Crippen molar-refractivity contribution in [1.29, 1.82) is 0 Å². The van der Waals surface area contributed by atoms with Crippen molar-refractivity contribution < 1.29 is 0 Å². The van der Waals surface area contributed by atoms with E-state index in [1.165, 1.54) is 99.4 Å². The monoisotopic (exact) mass is 1050 g/mol. The van der Waals surface area contributed by atoms with Gasteiger partial charge in [-0.05, 0) is 184 Å². The summed E-state index contributed by atoms with van der Waals surface area (Å²) in [6.45, 7) is 0. The minimum atomic E-state index is -0.594. The van der Waals surface area contributed by atoms with E-state index in [0.29, 0.717) is 0 Å². The van der Waals surface area contributed by atoms with Gasteiger partial charge in [0.2, 0.25) is 0 Å². The number of rotatable bonds is 10. The molecule has 2 aliphatic carbocycles. The van der Waals surface area contributed by atoms with Crippen LogP contribution in [0.3, 0.4) is 0 Å². The van der Waals surface area contributed by atoms with E-state index in [1.54, 1.807) is 0 Å². The van der Waals surface area contributed by atoms with Gasteiger partial charge < -0.3 is 9.80 Å². The Bertz CT molecular complexity index is 4720. The zero-order chi connectivity index (χ0) is 54.8. The van der Waals surface area contributed by atoms with E-state index >= 15 is 0 Å². The Morgan fingerprint density at radius 2 is 0.627 bits per heavy atom. The number of nitrogens with zero attached hydrogens (tertiary/aromatic N) is 2. The van der Waals surface area contributed by atoms with Crippen molar-refractivity contribution >= 4 is 55.7 Å². The van der Waals surface area contributed by atoms with Crippen LogP contribution in [0, 0.1) is 0 Å². The number of hydrogen-bond donors (Lipinski definition) is 0. The summed E-state index contributed by atoms with van der Waals surface area (Å²) in [7, 11) is 0. The lowest BCUT2D eigenvalue weighted by Gasteiger charge is -2.32. The molecule has 2 heteroatoms. The maximum absolute atomic E-state index is 2.54. The molecule has 16 rings (SSSR count). The average molecular weight is 1060 g/mol. The van der Waals surface area contributed by atoms with Crippen LogP contribution in [0.1, 0.15) is 22.3 Å². The molecule has 388 valence electrons. The van der Waals surface area contributed by atoms with Gasteiger partial charge in [0.05, 0.1) is 16.8 Å². The molecule has 2 aliphatic rings. The average Bonchev–Trinajstić information content (AvgIpc) is 1.55. The van der Waals surface area contributed by atoms with Crippen LogP contribution >= 0.6 is 0 Å². The summed E-state index contributed by atoms with van der Waals surface area (Å²) in [6.07, 6.45) is 0. The Labute approximate surface area is 484 Å². The second-order valence-corrected chi connectivity index (χ2v) is 21.9. The molecule has 0 heterocycles. The van der Waals surface area contributed by atoms with E-state index in [2.05, 4.69) is 337 Å². The fraction of sp³-hybridized carbons (Fsp3) is 0.0123. The third-order valence-corrected chi connectivity index (χ3v) is 17.4. The topological polar surface area (TPSA) is 6.48 Å². The van der Waals surface area contributed by atoms with Crippen LogP contribution in [0.2, 0.25) is 0 Å². The van der Waals surface area contributed by atoms with Crippen LogP contribution in [-0.2, 0) is 5.41 Å². The Morgan fingerprint density at radius 1 is 0.205 bits per heavy atom. The number of fused-ring (bicyclic) bond motifs is 13. The Morgan fingerprint density at radius 3 is 1.13 bits per heavy atom. The molecule has 0 unspecified atom stereocenters. The standard InChI is InChI=1S/C81H54N2/c1-7-23-55(24-8-1)59-41-47-78(72(51-59)57-27-11-3-12-28-57)82(64-31-15-5-16-32-64)66-43-39-61-53-74-71-45-40-62-49-67(44-46-68(62)80(71)81(77(74)54-63(61)50-66)75-37-21-19-35-69(75)70-36-20-22-38-76(70)81)83(65-33-17-6-18-34-65)79-48-42-60(56-25-9-2-10-26-56)52-73(79)58-29-13-4-14-30-58/h1-54H. The van der Waals surface area contributed by atoms with Crippen molar-refractivity contribution in [2.24, 2.45) is 0 Å². The van der Waals surface area contributed by atoms with E-state index < -0.39 is 5.41 Å². The second-order valence-electron chi connectivity index (χ2n) is 21.9. The first-order chi connectivity index (χ1) is 41.2. The maximum atomic E-state index is 2.54. The van der Waals surface area contributed by atoms with Gasteiger partial charge in [0.15, 0.2) is 0 Å². The molecule has 0 aliphatic heterocycles. The summed E-state index contributed by atoms with van der Waals surface area (Å²) in [5, 5.41) is 4.83. The van der Waals surface area contributed by atoms with Gasteiger partial charge in [-0.2, -0.15) is 0 Å². The van der Waals surface area contributed by atoms with Gasteiger partial charge in [0.1, 0.15) is 0 Å². The summed E-state index contributed by atoms with van der Waals surface area (Å²) in [6, 6.07) is 121. The van der Waals surface area contributed by atoms with Gasteiger partial charge >= 0.3 is 0 Å². The summed E-state index contributed by atoms with van der Waals surface area (Å²) in [5.41, 5.74) is 25.8. The second kappa shape index (κ2) is 19.8. The van der Waals surface area contributed by atoms with Gasteiger partial charge in [-0.15, -0.1) is 0 Å². The molecule has 0 N–H and O–H groups in total. The molecule has 0 saturated carbocycles. The van der Waals surface area contributed by atoms with Crippen LogP contribution in [0.4, 0.5) is 34.1 Å². The minimum Gasteiger partial charge on any atom is -0.310 e. The molecule has 0 saturated heterocycles. The predicted molar refractivity (Wildman–Crippen MR) is 349 cm³/mol.